The van der Waals surface area contributed by atoms with Crippen LogP contribution in [-0.2, 0) is 5.54 Å². The Hall–Kier alpha value is -2.58. The maximum atomic E-state index is 13.0. The standard InChI is InChI=1S/C20H24F2N4O3/c1-11-24-19(26-29-11)20(2,8-12-3-4-12)25-18(27)15-7-16(28-10-17(21)22)14(9-23-15)13-5-6-13/h7,9,12-13,17H,3-6,8,10H2,1-2H3,(H,25,27). The number of halogens is 2. The first-order valence-electron chi connectivity index (χ1n) is 9.88. The lowest BCUT2D eigenvalue weighted by molar-refractivity contribution is 0.0811. The first-order valence-corrected chi connectivity index (χ1v) is 9.88. The zero-order chi connectivity index (χ0) is 20.6. The molecule has 2 fully saturated rings. The van der Waals surface area contributed by atoms with Gasteiger partial charge in [0.05, 0.1) is 0 Å². The van der Waals surface area contributed by atoms with Crippen molar-refractivity contribution in [2.75, 3.05) is 6.61 Å². The van der Waals surface area contributed by atoms with E-state index >= 15 is 0 Å². The summed E-state index contributed by atoms with van der Waals surface area (Å²) < 4.78 is 35.6. The van der Waals surface area contributed by atoms with Crippen LogP contribution in [0.15, 0.2) is 16.8 Å². The summed E-state index contributed by atoms with van der Waals surface area (Å²) in [4.78, 5) is 21.5. The molecule has 2 aliphatic carbocycles. The van der Waals surface area contributed by atoms with Crippen LogP contribution in [0.25, 0.3) is 0 Å². The molecule has 0 aliphatic heterocycles. The number of aromatic nitrogens is 3. The van der Waals surface area contributed by atoms with Gasteiger partial charge in [0.25, 0.3) is 12.3 Å². The van der Waals surface area contributed by atoms with Crippen LogP contribution in [-0.4, -0.2) is 34.1 Å². The molecule has 0 spiro atoms. The number of nitrogens with one attached hydrogen (secondary N) is 1. The first-order chi connectivity index (χ1) is 13.8. The fraction of sp³-hybridized carbons (Fsp3) is 0.600. The second kappa shape index (κ2) is 7.68. The first kappa shape index (κ1) is 19.7. The Morgan fingerprint density at radius 1 is 1.38 bits per heavy atom. The molecule has 29 heavy (non-hydrogen) atoms. The van der Waals surface area contributed by atoms with E-state index in [1.54, 1.807) is 13.1 Å². The number of aryl methyl sites for hydroxylation is 1. The summed E-state index contributed by atoms with van der Waals surface area (Å²) in [6.07, 6.45) is 3.79. The SMILES string of the molecule is Cc1nc(C(C)(CC2CC2)NC(=O)c2cc(OCC(F)F)c(C3CC3)cn2)no1. The van der Waals surface area contributed by atoms with Gasteiger partial charge in [0.15, 0.2) is 5.82 Å². The summed E-state index contributed by atoms with van der Waals surface area (Å²) in [5.41, 5.74) is 0.0780. The van der Waals surface area contributed by atoms with Crippen LogP contribution in [0.4, 0.5) is 8.78 Å². The van der Waals surface area contributed by atoms with Gasteiger partial charge in [-0.15, -0.1) is 0 Å². The van der Waals surface area contributed by atoms with Crippen molar-refractivity contribution < 1.29 is 22.8 Å². The summed E-state index contributed by atoms with van der Waals surface area (Å²) in [5.74, 6) is 1.46. The molecule has 4 rings (SSSR count). The lowest BCUT2D eigenvalue weighted by atomic mass is 9.93. The number of amides is 1. The van der Waals surface area contributed by atoms with Gasteiger partial charge >= 0.3 is 0 Å². The van der Waals surface area contributed by atoms with Gasteiger partial charge in [0.1, 0.15) is 23.6 Å². The smallest absolute Gasteiger partial charge is 0.272 e. The molecule has 1 N–H and O–H groups in total. The predicted molar refractivity (Wildman–Crippen MR) is 98.9 cm³/mol. The van der Waals surface area contributed by atoms with Crippen molar-refractivity contribution in [1.82, 2.24) is 20.4 Å². The molecule has 7 nitrogen and oxygen atoms in total. The average molecular weight is 406 g/mol. The maximum Gasteiger partial charge on any atom is 0.272 e. The van der Waals surface area contributed by atoms with Crippen LogP contribution in [0.1, 0.15) is 72.7 Å². The van der Waals surface area contributed by atoms with E-state index < -0.39 is 24.5 Å². The van der Waals surface area contributed by atoms with Crippen molar-refractivity contribution in [2.24, 2.45) is 5.92 Å². The maximum absolute atomic E-state index is 13.0. The van der Waals surface area contributed by atoms with E-state index in [1.807, 2.05) is 6.92 Å². The third-order valence-corrected chi connectivity index (χ3v) is 5.31. The number of nitrogens with zero attached hydrogens (tertiary/aromatic N) is 3. The molecule has 1 amide bonds. The molecular weight excluding hydrogens is 382 g/mol. The van der Waals surface area contributed by atoms with Gasteiger partial charge in [0, 0.05) is 24.8 Å². The molecule has 9 heteroatoms. The minimum Gasteiger partial charge on any atom is -0.487 e. The highest BCUT2D eigenvalue weighted by molar-refractivity contribution is 5.93. The zero-order valence-electron chi connectivity index (χ0n) is 16.5. The Morgan fingerprint density at radius 3 is 2.72 bits per heavy atom. The minimum absolute atomic E-state index is 0.112. The number of hydrogen-bond acceptors (Lipinski definition) is 6. The molecule has 2 aromatic heterocycles. The largest absolute Gasteiger partial charge is 0.487 e. The number of carbonyl (C=O) groups is 1. The van der Waals surface area contributed by atoms with E-state index in [0.29, 0.717) is 29.8 Å². The normalized spacial score (nSPS) is 18.5. The number of carbonyl (C=O) groups excluding carboxylic acids is 1. The Morgan fingerprint density at radius 2 is 2.14 bits per heavy atom. The molecule has 0 aromatic carbocycles. The lowest BCUT2D eigenvalue weighted by Gasteiger charge is -2.27. The zero-order valence-corrected chi connectivity index (χ0v) is 16.5. The molecule has 2 aliphatic rings. The second-order valence-corrected chi connectivity index (χ2v) is 8.15. The molecular formula is C20H24F2N4O3. The Balaban J connectivity index is 1.56. The molecule has 0 bridgehead atoms. The summed E-state index contributed by atoms with van der Waals surface area (Å²) >= 11 is 0. The summed E-state index contributed by atoms with van der Waals surface area (Å²) in [5, 5.41) is 6.98. The second-order valence-electron chi connectivity index (χ2n) is 8.15. The van der Waals surface area contributed by atoms with E-state index in [4.69, 9.17) is 9.26 Å². The van der Waals surface area contributed by atoms with E-state index in [9.17, 15) is 13.6 Å². The quantitative estimate of drug-likeness (QED) is 0.682. The van der Waals surface area contributed by atoms with E-state index in [2.05, 4.69) is 20.4 Å². The van der Waals surface area contributed by atoms with Crippen LogP contribution in [0.5, 0.6) is 5.75 Å². The fourth-order valence-electron chi connectivity index (χ4n) is 3.49. The highest BCUT2D eigenvalue weighted by atomic mass is 19.3. The third kappa shape index (κ3) is 4.71. The van der Waals surface area contributed by atoms with Crippen molar-refractivity contribution >= 4 is 5.91 Å². The van der Waals surface area contributed by atoms with Crippen molar-refractivity contribution in [1.29, 1.82) is 0 Å². The third-order valence-electron chi connectivity index (χ3n) is 5.31. The minimum atomic E-state index is -2.59. The van der Waals surface area contributed by atoms with Gasteiger partial charge in [-0.25, -0.2) is 8.78 Å². The Labute approximate surface area is 167 Å². The highest BCUT2D eigenvalue weighted by Gasteiger charge is 2.40. The van der Waals surface area contributed by atoms with Crippen molar-refractivity contribution in [3.05, 3.63) is 35.2 Å². The molecule has 1 atom stereocenters. The van der Waals surface area contributed by atoms with Crippen LogP contribution >= 0.6 is 0 Å². The Kier molecular flexibility index (Phi) is 5.23. The van der Waals surface area contributed by atoms with E-state index in [-0.39, 0.29) is 11.6 Å². The number of hydrogen-bond donors (Lipinski definition) is 1. The number of alkyl halides is 2. The van der Waals surface area contributed by atoms with Crippen LogP contribution < -0.4 is 10.1 Å². The average Bonchev–Trinajstić information content (AvgIpc) is 3.60. The molecule has 156 valence electrons. The van der Waals surface area contributed by atoms with E-state index in [0.717, 1.165) is 31.2 Å². The molecule has 0 radical (unpaired) electrons. The van der Waals surface area contributed by atoms with Crippen LogP contribution in [0.2, 0.25) is 0 Å². The van der Waals surface area contributed by atoms with Gasteiger partial charge in [0.2, 0.25) is 5.89 Å². The van der Waals surface area contributed by atoms with E-state index in [1.165, 1.54) is 6.07 Å². The van der Waals surface area contributed by atoms with Crippen molar-refractivity contribution in [3.8, 4) is 5.75 Å². The summed E-state index contributed by atoms with van der Waals surface area (Å²) in [7, 11) is 0. The van der Waals surface area contributed by atoms with Gasteiger partial charge in [-0.05, 0) is 38.0 Å². The predicted octanol–water partition coefficient (Wildman–Crippen LogP) is 3.74. The van der Waals surface area contributed by atoms with Gasteiger partial charge < -0.3 is 14.6 Å². The van der Waals surface area contributed by atoms with Gasteiger partial charge in [-0.3, -0.25) is 9.78 Å². The topological polar surface area (TPSA) is 90.1 Å². The van der Waals surface area contributed by atoms with Crippen molar-refractivity contribution in [2.45, 2.75) is 63.8 Å². The highest BCUT2D eigenvalue weighted by Crippen LogP contribution is 2.44. The van der Waals surface area contributed by atoms with Crippen LogP contribution in [0, 0.1) is 12.8 Å². The Bertz CT molecular complexity index is 896. The number of rotatable bonds is 9. The molecule has 2 aromatic rings. The summed E-state index contributed by atoms with van der Waals surface area (Å²) in [6.45, 7) is 2.84. The van der Waals surface area contributed by atoms with Gasteiger partial charge in [-0.1, -0.05) is 18.0 Å². The molecule has 1 unspecified atom stereocenters. The fourth-order valence-corrected chi connectivity index (χ4v) is 3.49. The molecule has 2 saturated carbocycles. The van der Waals surface area contributed by atoms with Crippen molar-refractivity contribution in [3.63, 3.8) is 0 Å². The van der Waals surface area contributed by atoms with Crippen LogP contribution in [0.3, 0.4) is 0 Å². The van der Waals surface area contributed by atoms with Gasteiger partial charge in [-0.2, -0.15) is 4.98 Å². The monoisotopic (exact) mass is 406 g/mol. The number of ether oxygens (including phenoxy) is 1. The summed E-state index contributed by atoms with van der Waals surface area (Å²) in [6, 6.07) is 1.45. The lowest BCUT2D eigenvalue weighted by Crippen LogP contribution is -2.45. The number of pyridine rings is 1. The molecule has 0 saturated heterocycles. The molecule has 2 heterocycles.